The first-order chi connectivity index (χ1) is 13.9. The fraction of sp³-hybridized carbons (Fsp3) is 0.348. The fourth-order valence-electron chi connectivity index (χ4n) is 4.43. The molecule has 3 atom stereocenters. The molecule has 3 aliphatic heterocycles. The highest BCUT2D eigenvalue weighted by molar-refractivity contribution is 5.74. The van der Waals surface area contributed by atoms with Crippen LogP contribution in [0.15, 0.2) is 73.2 Å². The van der Waals surface area contributed by atoms with E-state index < -0.39 is 0 Å². The maximum atomic E-state index is 5.55. The summed E-state index contributed by atoms with van der Waals surface area (Å²) in [6.07, 6.45) is 10.9. The van der Waals surface area contributed by atoms with Crippen molar-refractivity contribution < 1.29 is 4.74 Å². The third kappa shape index (κ3) is 3.49. The van der Waals surface area contributed by atoms with E-state index in [0.717, 1.165) is 32.8 Å². The molecule has 5 heteroatoms. The highest BCUT2D eigenvalue weighted by atomic mass is 16.5. The van der Waals surface area contributed by atoms with Crippen LogP contribution in [0.4, 0.5) is 0 Å². The average molecular weight is 374 g/mol. The van der Waals surface area contributed by atoms with Crippen molar-refractivity contribution in [3.8, 4) is 0 Å². The van der Waals surface area contributed by atoms with Gasteiger partial charge in [0.2, 0.25) is 0 Å². The van der Waals surface area contributed by atoms with Crippen LogP contribution in [0.3, 0.4) is 0 Å². The third-order valence-electron chi connectivity index (χ3n) is 5.91. The molecule has 0 amide bonds. The normalized spacial score (nSPS) is 27.5. The molecule has 1 aromatic heterocycles. The van der Waals surface area contributed by atoms with Crippen LogP contribution in [0.2, 0.25) is 0 Å². The molecule has 28 heavy (non-hydrogen) atoms. The van der Waals surface area contributed by atoms with Gasteiger partial charge >= 0.3 is 0 Å². The van der Waals surface area contributed by atoms with Gasteiger partial charge in [0.05, 0.1) is 31.5 Å². The van der Waals surface area contributed by atoms with Gasteiger partial charge in [-0.05, 0) is 34.9 Å². The van der Waals surface area contributed by atoms with Gasteiger partial charge in [-0.2, -0.15) is 0 Å². The summed E-state index contributed by atoms with van der Waals surface area (Å²) in [6.45, 7) is 4.68. The summed E-state index contributed by atoms with van der Waals surface area (Å²) in [7, 11) is 0. The van der Waals surface area contributed by atoms with Crippen molar-refractivity contribution in [2.24, 2.45) is 0 Å². The lowest BCUT2D eigenvalue weighted by atomic mass is 9.99. The quantitative estimate of drug-likeness (QED) is 0.891. The van der Waals surface area contributed by atoms with E-state index in [2.05, 4.69) is 80.9 Å². The summed E-state index contributed by atoms with van der Waals surface area (Å²) in [5.41, 5.74) is 3.82. The van der Waals surface area contributed by atoms with E-state index in [-0.39, 0.29) is 12.2 Å². The summed E-state index contributed by atoms with van der Waals surface area (Å²) in [5.74, 6) is 0. The number of pyridine rings is 1. The predicted octanol–water partition coefficient (Wildman–Crippen LogP) is 2.67. The summed E-state index contributed by atoms with van der Waals surface area (Å²) in [4.78, 5) is 9.24. The van der Waals surface area contributed by atoms with Crippen LogP contribution in [-0.2, 0) is 4.74 Å². The Kier molecular flexibility index (Phi) is 4.95. The molecule has 2 fully saturated rings. The van der Waals surface area contributed by atoms with Crippen LogP contribution in [0, 0.1) is 0 Å². The van der Waals surface area contributed by atoms with Gasteiger partial charge in [0, 0.05) is 38.2 Å². The largest absolute Gasteiger partial charge is 0.379 e. The zero-order chi connectivity index (χ0) is 18.8. The number of hydrogen-bond donors (Lipinski definition) is 1. The van der Waals surface area contributed by atoms with Gasteiger partial charge in [0.15, 0.2) is 0 Å². The summed E-state index contributed by atoms with van der Waals surface area (Å²) in [6, 6.07) is 15.5. The lowest BCUT2D eigenvalue weighted by Crippen LogP contribution is -2.46. The number of hydrogen-bond acceptors (Lipinski definition) is 5. The van der Waals surface area contributed by atoms with E-state index in [9.17, 15) is 0 Å². The third-order valence-corrected chi connectivity index (χ3v) is 5.91. The number of fused-ring (bicyclic) bond motifs is 1. The highest BCUT2D eigenvalue weighted by Gasteiger charge is 2.41. The van der Waals surface area contributed by atoms with E-state index in [1.807, 2.05) is 12.4 Å². The van der Waals surface area contributed by atoms with E-state index in [4.69, 9.17) is 4.74 Å². The monoisotopic (exact) mass is 374 g/mol. The van der Waals surface area contributed by atoms with Crippen molar-refractivity contribution in [1.29, 1.82) is 0 Å². The van der Waals surface area contributed by atoms with Crippen molar-refractivity contribution in [2.45, 2.75) is 18.2 Å². The zero-order valence-corrected chi connectivity index (χ0v) is 15.9. The minimum absolute atomic E-state index is 0.219. The number of ether oxygens (including phenoxy) is 1. The second kappa shape index (κ2) is 7.87. The smallest absolute Gasteiger partial charge is 0.0994 e. The molecular weight excluding hydrogens is 348 g/mol. The number of allylic oxidation sites excluding steroid dienone is 2. The first-order valence-corrected chi connectivity index (χ1v) is 10.1. The minimum atomic E-state index is 0.219. The summed E-state index contributed by atoms with van der Waals surface area (Å²) in [5, 5.41) is 3.83. The maximum Gasteiger partial charge on any atom is 0.0994 e. The van der Waals surface area contributed by atoms with Crippen molar-refractivity contribution >= 4 is 5.57 Å². The Labute approximate surface area is 166 Å². The zero-order valence-electron chi connectivity index (χ0n) is 15.9. The molecule has 0 radical (unpaired) electrons. The number of morpholine rings is 1. The van der Waals surface area contributed by atoms with E-state index >= 15 is 0 Å². The van der Waals surface area contributed by atoms with Crippen molar-refractivity contribution in [3.05, 3.63) is 84.3 Å². The molecule has 3 unspecified atom stereocenters. The van der Waals surface area contributed by atoms with Crippen LogP contribution in [0.5, 0.6) is 0 Å². The van der Waals surface area contributed by atoms with Crippen LogP contribution in [-0.4, -0.2) is 59.8 Å². The Balaban J connectivity index is 1.46. The Morgan fingerprint density at radius 2 is 1.82 bits per heavy atom. The lowest BCUT2D eigenvalue weighted by molar-refractivity contribution is 0.0278. The molecule has 3 aliphatic rings. The Morgan fingerprint density at radius 3 is 2.61 bits per heavy atom. The van der Waals surface area contributed by atoms with Crippen LogP contribution in [0.1, 0.15) is 17.2 Å². The van der Waals surface area contributed by atoms with E-state index in [1.165, 1.54) is 16.7 Å². The first kappa shape index (κ1) is 17.6. The molecule has 2 aromatic rings. The lowest BCUT2D eigenvalue weighted by Gasteiger charge is -2.36. The SMILES string of the molecule is C1=CC2NC(c3ccncc3)C(CN3CCOCC3)N2C=C1c1ccccc1. The number of nitrogens with zero attached hydrogens (tertiary/aromatic N) is 3. The second-order valence-corrected chi connectivity index (χ2v) is 7.61. The molecule has 0 bridgehead atoms. The molecule has 144 valence electrons. The van der Waals surface area contributed by atoms with Gasteiger partial charge in [0.1, 0.15) is 0 Å². The second-order valence-electron chi connectivity index (χ2n) is 7.61. The minimum Gasteiger partial charge on any atom is -0.379 e. The van der Waals surface area contributed by atoms with Crippen LogP contribution < -0.4 is 5.32 Å². The van der Waals surface area contributed by atoms with E-state index in [1.54, 1.807) is 0 Å². The molecule has 1 N–H and O–H groups in total. The number of nitrogens with one attached hydrogen (secondary N) is 1. The highest BCUT2D eigenvalue weighted by Crippen LogP contribution is 2.35. The molecule has 0 spiro atoms. The van der Waals surface area contributed by atoms with Gasteiger partial charge in [-0.1, -0.05) is 36.4 Å². The standard InChI is InChI=1S/C23H26N4O/c1-2-4-18(5-3-1)20-6-7-22-25-23(19-8-10-24-11-9-19)21(27(22)16-20)17-26-12-14-28-15-13-26/h1-11,16,21-23,25H,12-15,17H2. The maximum absolute atomic E-state index is 5.55. The van der Waals surface area contributed by atoms with Crippen molar-refractivity contribution in [3.63, 3.8) is 0 Å². The first-order valence-electron chi connectivity index (χ1n) is 10.1. The van der Waals surface area contributed by atoms with Gasteiger partial charge in [-0.25, -0.2) is 0 Å². The molecule has 1 aromatic carbocycles. The summed E-state index contributed by atoms with van der Waals surface area (Å²) < 4.78 is 5.55. The molecule has 0 saturated carbocycles. The number of benzene rings is 1. The molecule has 2 saturated heterocycles. The molecular formula is C23H26N4O. The summed E-state index contributed by atoms with van der Waals surface area (Å²) >= 11 is 0. The Bertz CT molecular complexity index is 845. The molecule has 5 nitrogen and oxygen atoms in total. The average Bonchev–Trinajstić information content (AvgIpc) is 3.13. The molecule has 0 aliphatic carbocycles. The van der Waals surface area contributed by atoms with Gasteiger partial charge in [-0.15, -0.1) is 0 Å². The predicted molar refractivity (Wildman–Crippen MR) is 110 cm³/mol. The van der Waals surface area contributed by atoms with Gasteiger partial charge in [-0.3, -0.25) is 15.2 Å². The fourth-order valence-corrected chi connectivity index (χ4v) is 4.43. The van der Waals surface area contributed by atoms with Crippen molar-refractivity contribution in [1.82, 2.24) is 20.1 Å². The van der Waals surface area contributed by atoms with Crippen LogP contribution >= 0.6 is 0 Å². The van der Waals surface area contributed by atoms with Crippen molar-refractivity contribution in [2.75, 3.05) is 32.8 Å². The topological polar surface area (TPSA) is 40.6 Å². The Hall–Kier alpha value is -2.47. The molecule has 4 heterocycles. The van der Waals surface area contributed by atoms with Gasteiger partial charge < -0.3 is 9.64 Å². The number of aromatic nitrogens is 1. The number of rotatable bonds is 4. The van der Waals surface area contributed by atoms with Gasteiger partial charge in [0.25, 0.3) is 0 Å². The van der Waals surface area contributed by atoms with E-state index in [0.29, 0.717) is 6.04 Å². The van der Waals surface area contributed by atoms with Crippen LogP contribution in [0.25, 0.3) is 5.57 Å². The Morgan fingerprint density at radius 1 is 1.04 bits per heavy atom. The molecule has 5 rings (SSSR count).